The summed E-state index contributed by atoms with van der Waals surface area (Å²) in [6, 6.07) is 24.8. The van der Waals surface area contributed by atoms with Crippen molar-refractivity contribution >= 4 is 22.8 Å². The van der Waals surface area contributed by atoms with Gasteiger partial charge in [-0.15, -0.1) is 0 Å². The van der Waals surface area contributed by atoms with Gasteiger partial charge in [-0.05, 0) is 85.8 Å². The average molecular weight is 620 g/mol. The second-order valence-electron chi connectivity index (χ2n) is 12.2. The predicted molar refractivity (Wildman–Crippen MR) is 180 cm³/mol. The highest BCUT2D eigenvalue weighted by molar-refractivity contribution is 5.84. The zero-order valence-electron chi connectivity index (χ0n) is 25.8. The summed E-state index contributed by atoms with van der Waals surface area (Å²) in [5, 5.41) is 12.6. The highest BCUT2D eigenvalue weighted by Gasteiger charge is 2.25. The van der Waals surface area contributed by atoms with Crippen molar-refractivity contribution in [3.05, 3.63) is 102 Å². The van der Waals surface area contributed by atoms with Gasteiger partial charge >= 0.3 is 0 Å². The molecule has 0 radical (unpaired) electrons. The number of anilines is 2. The summed E-state index contributed by atoms with van der Waals surface area (Å²) in [5.74, 6) is 2.61. The van der Waals surface area contributed by atoms with E-state index in [4.69, 9.17) is 25.9 Å². The van der Waals surface area contributed by atoms with Gasteiger partial charge in [0.1, 0.15) is 23.2 Å². The summed E-state index contributed by atoms with van der Waals surface area (Å²) in [6.07, 6.45) is 9.67. The van der Waals surface area contributed by atoms with Gasteiger partial charge in [-0.3, -0.25) is 14.5 Å². The number of imidazole rings is 1. The van der Waals surface area contributed by atoms with Crippen molar-refractivity contribution < 1.29 is 0 Å². The molecular formula is C36H33N11. The molecule has 232 valence electrons. The largest absolute Gasteiger partial charge is 0.383 e. The van der Waals surface area contributed by atoms with E-state index in [0.29, 0.717) is 29.4 Å². The molecule has 0 bridgehead atoms. The van der Waals surface area contributed by atoms with Crippen LogP contribution >= 0.6 is 0 Å². The van der Waals surface area contributed by atoms with Crippen molar-refractivity contribution in [2.45, 2.75) is 44.2 Å². The SMILES string of the molecule is N#Cc1nccc(NC2CCN(Cc3ccc(-n4c(-c5cccnc5N)nc5ccc(-c6ccc(C7CC7)nc6)nc54)cc3)CC2)n1. The number of piperidine rings is 1. The minimum absolute atomic E-state index is 0.183. The van der Waals surface area contributed by atoms with Crippen molar-refractivity contribution in [2.75, 3.05) is 24.1 Å². The van der Waals surface area contributed by atoms with Gasteiger partial charge in [0.15, 0.2) is 11.5 Å². The minimum atomic E-state index is 0.183. The summed E-state index contributed by atoms with van der Waals surface area (Å²) in [4.78, 5) is 29.8. The molecule has 0 amide bonds. The van der Waals surface area contributed by atoms with E-state index in [-0.39, 0.29) is 5.82 Å². The summed E-state index contributed by atoms with van der Waals surface area (Å²) in [5.41, 5.74) is 13.8. The van der Waals surface area contributed by atoms with E-state index in [1.165, 1.54) is 18.4 Å². The van der Waals surface area contributed by atoms with Crippen LogP contribution in [0.25, 0.3) is 39.5 Å². The molecule has 2 aliphatic rings. The predicted octanol–water partition coefficient (Wildman–Crippen LogP) is 5.74. The number of nitrogens with zero attached hydrogens (tertiary/aromatic N) is 9. The summed E-state index contributed by atoms with van der Waals surface area (Å²) in [6.45, 7) is 2.79. The maximum atomic E-state index is 9.09. The van der Waals surface area contributed by atoms with Gasteiger partial charge in [0.2, 0.25) is 5.82 Å². The molecule has 47 heavy (non-hydrogen) atoms. The van der Waals surface area contributed by atoms with Crippen molar-refractivity contribution in [3.63, 3.8) is 0 Å². The lowest BCUT2D eigenvalue weighted by Gasteiger charge is -2.32. The first kappa shape index (κ1) is 28.7. The monoisotopic (exact) mass is 619 g/mol. The van der Waals surface area contributed by atoms with E-state index in [1.54, 1.807) is 12.4 Å². The number of pyridine rings is 3. The lowest BCUT2D eigenvalue weighted by atomic mass is 10.0. The number of rotatable bonds is 8. The lowest BCUT2D eigenvalue weighted by molar-refractivity contribution is 0.211. The number of hydrogen-bond acceptors (Lipinski definition) is 10. The zero-order valence-corrected chi connectivity index (χ0v) is 25.8. The summed E-state index contributed by atoms with van der Waals surface area (Å²) in [7, 11) is 0. The molecule has 1 aliphatic heterocycles. The fraction of sp³-hybridized carbons (Fsp3) is 0.250. The van der Waals surface area contributed by atoms with Gasteiger partial charge in [0.25, 0.3) is 0 Å². The third-order valence-electron chi connectivity index (χ3n) is 8.96. The summed E-state index contributed by atoms with van der Waals surface area (Å²) >= 11 is 0. The molecule has 5 aromatic heterocycles. The molecule has 0 atom stereocenters. The third-order valence-corrected chi connectivity index (χ3v) is 8.96. The molecule has 8 rings (SSSR count). The number of benzene rings is 1. The quantitative estimate of drug-likeness (QED) is 0.216. The van der Waals surface area contributed by atoms with E-state index in [2.05, 4.69) is 66.1 Å². The van der Waals surface area contributed by atoms with Crippen LogP contribution in [0, 0.1) is 11.3 Å². The first-order valence-electron chi connectivity index (χ1n) is 16.0. The number of nitriles is 1. The second-order valence-corrected chi connectivity index (χ2v) is 12.2. The van der Waals surface area contributed by atoms with E-state index >= 15 is 0 Å². The molecule has 2 fully saturated rings. The standard InChI is InChI=1S/C36H33N11/c37-20-33-39-17-13-32(45-33)42-26-14-18-46(19-15-26)22-23-3-8-27(9-4-23)47-35(28-2-1-16-40-34(28)38)44-31-12-11-30(43-36(31)47)25-7-10-29(41-21-25)24-5-6-24/h1-4,7-13,16-17,21,24,26H,5-6,14-15,18-19,22H2,(H2,38,40)(H,39,42,45). The van der Waals surface area contributed by atoms with Crippen LogP contribution in [0.5, 0.6) is 0 Å². The van der Waals surface area contributed by atoms with Crippen molar-refractivity contribution in [1.82, 2.24) is 39.4 Å². The van der Waals surface area contributed by atoms with Gasteiger partial charge in [-0.25, -0.2) is 24.9 Å². The number of nitrogens with one attached hydrogen (secondary N) is 1. The average Bonchev–Trinajstić information content (AvgIpc) is 3.90. The second kappa shape index (κ2) is 12.2. The Kier molecular flexibility index (Phi) is 7.47. The smallest absolute Gasteiger partial charge is 0.234 e. The van der Waals surface area contributed by atoms with E-state index in [9.17, 15) is 0 Å². The number of fused-ring (bicyclic) bond motifs is 1. The van der Waals surface area contributed by atoms with Crippen molar-refractivity contribution in [3.8, 4) is 34.4 Å². The maximum Gasteiger partial charge on any atom is 0.234 e. The van der Waals surface area contributed by atoms with Crippen LogP contribution in [-0.4, -0.2) is 58.5 Å². The fourth-order valence-electron chi connectivity index (χ4n) is 6.27. The van der Waals surface area contributed by atoms with Gasteiger partial charge in [-0.2, -0.15) is 5.26 Å². The van der Waals surface area contributed by atoms with Gasteiger partial charge in [-0.1, -0.05) is 12.1 Å². The molecule has 1 aliphatic carbocycles. The molecule has 1 aromatic carbocycles. The van der Waals surface area contributed by atoms with Crippen LogP contribution < -0.4 is 11.1 Å². The lowest BCUT2D eigenvalue weighted by Crippen LogP contribution is -2.38. The van der Waals surface area contributed by atoms with Gasteiger partial charge in [0, 0.05) is 67.1 Å². The first-order chi connectivity index (χ1) is 23.1. The summed E-state index contributed by atoms with van der Waals surface area (Å²) < 4.78 is 2.07. The van der Waals surface area contributed by atoms with Crippen molar-refractivity contribution in [2.24, 2.45) is 0 Å². The van der Waals surface area contributed by atoms with Crippen molar-refractivity contribution in [1.29, 1.82) is 5.26 Å². The molecule has 1 saturated heterocycles. The Morgan fingerprint density at radius 3 is 2.45 bits per heavy atom. The van der Waals surface area contributed by atoms with Gasteiger partial charge in [0.05, 0.1) is 11.3 Å². The van der Waals surface area contributed by atoms with E-state index in [1.807, 2.05) is 42.6 Å². The number of likely N-dealkylation sites (tertiary alicyclic amines) is 1. The number of aromatic nitrogens is 7. The third kappa shape index (κ3) is 5.98. The van der Waals surface area contributed by atoms with Crippen LogP contribution in [-0.2, 0) is 6.54 Å². The Hall–Kier alpha value is -5.73. The Labute approximate surface area is 272 Å². The Morgan fingerprint density at radius 2 is 1.70 bits per heavy atom. The van der Waals surface area contributed by atoms with Gasteiger partial charge < -0.3 is 11.1 Å². The first-order valence-corrected chi connectivity index (χ1v) is 16.0. The topological polar surface area (TPSA) is 147 Å². The highest BCUT2D eigenvalue weighted by Crippen LogP contribution is 2.39. The molecule has 0 unspecified atom stereocenters. The van der Waals surface area contributed by atoms with E-state index < -0.39 is 0 Å². The normalized spacial score (nSPS) is 15.5. The molecule has 3 N–H and O–H groups in total. The highest BCUT2D eigenvalue weighted by atomic mass is 15.2. The van der Waals surface area contributed by atoms with E-state index in [0.717, 1.165) is 71.8 Å². The molecular weight excluding hydrogens is 586 g/mol. The molecule has 0 spiro atoms. The number of hydrogen-bond donors (Lipinski definition) is 2. The molecule has 1 saturated carbocycles. The molecule has 6 aromatic rings. The molecule has 6 heterocycles. The minimum Gasteiger partial charge on any atom is -0.383 e. The Balaban J connectivity index is 1.04. The molecule has 11 heteroatoms. The Bertz CT molecular complexity index is 2090. The van der Waals surface area contributed by atoms with Crippen LogP contribution in [0.2, 0.25) is 0 Å². The van der Waals surface area contributed by atoms with Crippen LogP contribution in [0.1, 0.15) is 48.7 Å². The fourth-order valence-corrected chi connectivity index (χ4v) is 6.27. The van der Waals surface area contributed by atoms with Crippen LogP contribution in [0.4, 0.5) is 11.6 Å². The zero-order chi connectivity index (χ0) is 31.7. The maximum absolute atomic E-state index is 9.09. The molecule has 11 nitrogen and oxygen atoms in total. The number of nitrogens with two attached hydrogens (primary N) is 1. The van der Waals surface area contributed by atoms with Crippen LogP contribution in [0.15, 0.2) is 85.3 Å². The number of nitrogen functional groups attached to an aromatic ring is 1. The Morgan fingerprint density at radius 1 is 0.851 bits per heavy atom. The van der Waals surface area contributed by atoms with Crippen LogP contribution in [0.3, 0.4) is 0 Å².